The van der Waals surface area contributed by atoms with Crippen LogP contribution in [0, 0.1) is 34.5 Å². The first-order valence-corrected chi connectivity index (χ1v) is 10.3. The lowest BCUT2D eigenvalue weighted by atomic mass is 9.66. The van der Waals surface area contributed by atoms with Crippen LogP contribution in [0.3, 0.4) is 0 Å². The Labute approximate surface area is 163 Å². The third-order valence-corrected chi connectivity index (χ3v) is 6.52. The summed E-state index contributed by atoms with van der Waals surface area (Å²) in [5, 5.41) is 5.69. The van der Waals surface area contributed by atoms with Gasteiger partial charge in [-0.2, -0.15) is 0 Å². The highest BCUT2D eigenvalue weighted by molar-refractivity contribution is 5.83. The van der Waals surface area contributed by atoms with Crippen LogP contribution in [0.4, 0.5) is 0 Å². The molecule has 0 heterocycles. The molecule has 0 saturated carbocycles. The molecule has 4 heteroatoms. The Morgan fingerprint density at radius 2 is 1.15 bits per heavy atom. The molecule has 0 spiro atoms. The molecule has 0 unspecified atom stereocenters. The van der Waals surface area contributed by atoms with Crippen molar-refractivity contribution in [2.75, 3.05) is 13.6 Å². The molecular formula is C22H46N2O2. The van der Waals surface area contributed by atoms with E-state index in [9.17, 15) is 9.59 Å². The molecule has 2 N–H and O–H groups in total. The van der Waals surface area contributed by atoms with E-state index in [1.54, 1.807) is 7.05 Å². The molecule has 0 saturated heterocycles. The van der Waals surface area contributed by atoms with Crippen molar-refractivity contribution in [3.05, 3.63) is 0 Å². The van der Waals surface area contributed by atoms with Gasteiger partial charge in [-0.3, -0.25) is 9.59 Å². The SMILES string of the molecule is CCNC(=O)C(CC)(C(C)C)C(C)C.CNC(=O)C(C)(C(C)C)C(C)C. The van der Waals surface area contributed by atoms with Gasteiger partial charge in [0, 0.05) is 13.6 Å². The minimum absolute atomic E-state index is 0.146. The summed E-state index contributed by atoms with van der Waals surface area (Å²) in [4.78, 5) is 23.7. The van der Waals surface area contributed by atoms with Crippen LogP contribution < -0.4 is 10.6 Å². The number of nitrogens with one attached hydrogen (secondary N) is 2. The third-order valence-electron chi connectivity index (χ3n) is 6.52. The van der Waals surface area contributed by atoms with Crippen LogP contribution in [0.5, 0.6) is 0 Å². The molecule has 0 bridgehead atoms. The van der Waals surface area contributed by atoms with Crippen molar-refractivity contribution in [1.29, 1.82) is 0 Å². The zero-order valence-electron chi connectivity index (χ0n) is 19.5. The van der Waals surface area contributed by atoms with E-state index in [-0.39, 0.29) is 22.6 Å². The molecule has 2 amide bonds. The number of hydrogen-bond acceptors (Lipinski definition) is 2. The molecule has 4 nitrogen and oxygen atoms in total. The number of rotatable bonds is 8. The van der Waals surface area contributed by atoms with Gasteiger partial charge in [-0.15, -0.1) is 0 Å². The maximum Gasteiger partial charge on any atom is 0.226 e. The highest BCUT2D eigenvalue weighted by Crippen LogP contribution is 2.39. The van der Waals surface area contributed by atoms with Crippen LogP contribution in [-0.2, 0) is 9.59 Å². The molecule has 0 radical (unpaired) electrons. The van der Waals surface area contributed by atoms with Crippen LogP contribution in [0.1, 0.15) is 82.6 Å². The van der Waals surface area contributed by atoms with Gasteiger partial charge in [-0.1, -0.05) is 69.2 Å². The summed E-state index contributed by atoms with van der Waals surface area (Å²) in [6, 6.07) is 0. The van der Waals surface area contributed by atoms with Gasteiger partial charge in [-0.25, -0.2) is 0 Å². The van der Waals surface area contributed by atoms with Crippen molar-refractivity contribution in [3.63, 3.8) is 0 Å². The summed E-state index contributed by atoms with van der Waals surface area (Å²) in [5.74, 6) is 1.88. The molecule has 0 aromatic rings. The van der Waals surface area contributed by atoms with Crippen LogP contribution in [0.2, 0.25) is 0 Å². The second-order valence-corrected chi connectivity index (χ2v) is 8.73. The van der Waals surface area contributed by atoms with E-state index in [1.807, 2.05) is 13.8 Å². The molecule has 156 valence electrons. The quantitative estimate of drug-likeness (QED) is 0.639. The van der Waals surface area contributed by atoms with Gasteiger partial charge < -0.3 is 10.6 Å². The van der Waals surface area contributed by atoms with Gasteiger partial charge in [0.05, 0.1) is 10.8 Å². The zero-order chi connectivity index (χ0) is 21.3. The Bertz CT molecular complexity index is 410. The van der Waals surface area contributed by atoms with E-state index in [1.165, 1.54) is 0 Å². The third kappa shape index (κ3) is 5.99. The number of hydrogen-bond donors (Lipinski definition) is 2. The van der Waals surface area contributed by atoms with E-state index in [4.69, 9.17) is 0 Å². The number of carbonyl (C=O) groups is 2. The zero-order valence-corrected chi connectivity index (χ0v) is 19.5. The Kier molecular flexibility index (Phi) is 12.1. The van der Waals surface area contributed by atoms with Gasteiger partial charge in [0.1, 0.15) is 0 Å². The maximum atomic E-state index is 12.1. The fourth-order valence-corrected chi connectivity index (χ4v) is 3.95. The Hall–Kier alpha value is -1.06. The topological polar surface area (TPSA) is 58.2 Å². The second kappa shape index (κ2) is 11.6. The smallest absolute Gasteiger partial charge is 0.226 e. The maximum absolute atomic E-state index is 12.1. The molecule has 0 aliphatic rings. The molecule has 26 heavy (non-hydrogen) atoms. The molecular weight excluding hydrogens is 324 g/mol. The minimum Gasteiger partial charge on any atom is -0.359 e. The Balaban J connectivity index is 0. The van der Waals surface area contributed by atoms with Crippen molar-refractivity contribution >= 4 is 11.8 Å². The van der Waals surface area contributed by atoms with Gasteiger partial charge in [0.25, 0.3) is 0 Å². The number of amides is 2. The first-order valence-electron chi connectivity index (χ1n) is 10.3. The first kappa shape index (κ1) is 27.2. The molecule has 0 aromatic carbocycles. The van der Waals surface area contributed by atoms with Crippen LogP contribution in [0.15, 0.2) is 0 Å². The fourth-order valence-electron chi connectivity index (χ4n) is 3.95. The van der Waals surface area contributed by atoms with Gasteiger partial charge >= 0.3 is 0 Å². The second-order valence-electron chi connectivity index (χ2n) is 8.73. The average molecular weight is 371 g/mol. The van der Waals surface area contributed by atoms with Crippen molar-refractivity contribution in [2.24, 2.45) is 34.5 Å². The Morgan fingerprint density at radius 3 is 1.31 bits per heavy atom. The Morgan fingerprint density at radius 1 is 0.769 bits per heavy atom. The first-order chi connectivity index (χ1) is 11.8. The lowest BCUT2D eigenvalue weighted by molar-refractivity contribution is -0.137. The van der Waals surface area contributed by atoms with Gasteiger partial charge in [0.15, 0.2) is 0 Å². The predicted molar refractivity (Wildman–Crippen MR) is 113 cm³/mol. The minimum atomic E-state index is -0.241. The lowest BCUT2D eigenvalue weighted by Crippen LogP contribution is -2.47. The van der Waals surface area contributed by atoms with Crippen molar-refractivity contribution in [1.82, 2.24) is 10.6 Å². The van der Waals surface area contributed by atoms with E-state index in [0.29, 0.717) is 23.7 Å². The monoisotopic (exact) mass is 370 g/mol. The summed E-state index contributed by atoms with van der Waals surface area (Å²) < 4.78 is 0. The van der Waals surface area contributed by atoms with Crippen LogP contribution in [0.25, 0.3) is 0 Å². The van der Waals surface area contributed by atoms with Gasteiger partial charge in [0.2, 0.25) is 11.8 Å². The summed E-state index contributed by atoms with van der Waals surface area (Å²) in [6.45, 7) is 23.7. The molecule has 0 aliphatic heterocycles. The van der Waals surface area contributed by atoms with Crippen LogP contribution in [-0.4, -0.2) is 25.4 Å². The normalized spacial score (nSPS) is 12.3. The molecule has 0 fully saturated rings. The largest absolute Gasteiger partial charge is 0.359 e. The predicted octanol–water partition coefficient (Wildman–Crippen LogP) is 4.88. The van der Waals surface area contributed by atoms with Crippen molar-refractivity contribution in [2.45, 2.75) is 82.6 Å². The highest BCUT2D eigenvalue weighted by atomic mass is 16.2. The lowest BCUT2D eigenvalue weighted by Gasteiger charge is -2.39. The summed E-state index contributed by atoms with van der Waals surface area (Å²) in [6.07, 6.45) is 0.911. The van der Waals surface area contributed by atoms with Crippen LogP contribution >= 0.6 is 0 Å². The fraction of sp³-hybridized carbons (Fsp3) is 0.909. The number of carbonyl (C=O) groups excluding carboxylic acids is 2. The van der Waals surface area contributed by atoms with Crippen molar-refractivity contribution < 1.29 is 9.59 Å². The summed E-state index contributed by atoms with van der Waals surface area (Å²) >= 11 is 0. The summed E-state index contributed by atoms with van der Waals surface area (Å²) in [5.41, 5.74) is -0.440. The molecule has 0 atom stereocenters. The molecule has 0 aliphatic carbocycles. The van der Waals surface area contributed by atoms with Crippen molar-refractivity contribution in [3.8, 4) is 0 Å². The van der Waals surface area contributed by atoms with E-state index < -0.39 is 0 Å². The average Bonchev–Trinajstić information content (AvgIpc) is 2.54. The van der Waals surface area contributed by atoms with E-state index >= 15 is 0 Å². The molecule has 0 aromatic heterocycles. The van der Waals surface area contributed by atoms with Gasteiger partial charge in [-0.05, 0) is 37.0 Å². The molecule has 0 rings (SSSR count). The van der Waals surface area contributed by atoms with E-state index in [2.05, 4.69) is 72.9 Å². The summed E-state index contributed by atoms with van der Waals surface area (Å²) in [7, 11) is 1.70. The highest BCUT2D eigenvalue weighted by Gasteiger charge is 2.42. The van der Waals surface area contributed by atoms with E-state index in [0.717, 1.165) is 13.0 Å². The standard InChI is InChI=1S/C12H25NO.C10H21NO/c1-7-12(9(3)4,10(5)6)11(14)13-8-2;1-7(2)10(5,8(3)4)9(12)11-6/h9-10H,7-8H2,1-6H3,(H,13,14);7-8H,1-6H3,(H,11,12).